The zero-order valence-corrected chi connectivity index (χ0v) is 19.3. The summed E-state index contributed by atoms with van der Waals surface area (Å²) in [6.07, 6.45) is -12.5. The molecule has 1 aromatic rings. The van der Waals surface area contributed by atoms with Gasteiger partial charge in [-0.2, -0.15) is 26.3 Å². The summed E-state index contributed by atoms with van der Waals surface area (Å²) in [5, 5.41) is -2.99. The molecule has 2 N–H and O–H groups in total. The van der Waals surface area contributed by atoms with Crippen molar-refractivity contribution in [3.05, 3.63) is 29.8 Å². The van der Waals surface area contributed by atoms with Crippen LogP contribution in [0.2, 0.25) is 0 Å². The quantitative estimate of drug-likeness (QED) is 0.565. The van der Waals surface area contributed by atoms with Crippen molar-refractivity contribution >= 4 is 28.2 Å². The van der Waals surface area contributed by atoms with Gasteiger partial charge in [-0.1, -0.05) is 6.07 Å². The monoisotopic (exact) mass is 528 g/mol. The third-order valence-corrected chi connectivity index (χ3v) is 7.42. The van der Waals surface area contributed by atoms with Crippen molar-refractivity contribution in [1.29, 1.82) is 0 Å². The second-order valence-electron chi connectivity index (χ2n) is 8.56. The SMILES string of the molecule is CC(C)(N)CN(C(=O)C(F)(F)F)C1CCC(F)(S(=O)(=O)c2cccc(C(F)(F)F)c2)CC1.Cl. The summed E-state index contributed by atoms with van der Waals surface area (Å²) in [7, 11) is -4.89. The number of hydrogen-bond acceptors (Lipinski definition) is 4. The van der Waals surface area contributed by atoms with Gasteiger partial charge in [0, 0.05) is 18.1 Å². The number of hydrogen-bond donors (Lipinski definition) is 1. The van der Waals surface area contributed by atoms with E-state index in [0.717, 1.165) is 12.1 Å². The summed E-state index contributed by atoms with van der Waals surface area (Å²) in [5.41, 5.74) is 3.26. The largest absolute Gasteiger partial charge is 0.471 e. The Labute approximate surface area is 192 Å². The average molecular weight is 529 g/mol. The molecule has 5 nitrogen and oxygen atoms in total. The van der Waals surface area contributed by atoms with Gasteiger partial charge in [0.25, 0.3) is 0 Å². The highest BCUT2D eigenvalue weighted by molar-refractivity contribution is 7.92. The number of carbonyl (C=O) groups excluding carboxylic acids is 1. The molecule has 1 fully saturated rings. The number of alkyl halides is 7. The van der Waals surface area contributed by atoms with Crippen molar-refractivity contribution in [3.8, 4) is 0 Å². The van der Waals surface area contributed by atoms with Crippen molar-refractivity contribution in [1.82, 2.24) is 4.90 Å². The first-order valence-electron chi connectivity index (χ1n) is 9.55. The van der Waals surface area contributed by atoms with Gasteiger partial charge in [-0.15, -0.1) is 12.4 Å². The molecule has 0 spiro atoms. The van der Waals surface area contributed by atoms with E-state index in [-0.39, 0.29) is 12.4 Å². The molecular formula is C19H24ClF7N2O3S. The van der Waals surface area contributed by atoms with Crippen LogP contribution in [0.1, 0.15) is 45.1 Å². The Kier molecular flexibility index (Phi) is 8.54. The van der Waals surface area contributed by atoms with Crippen LogP contribution >= 0.6 is 12.4 Å². The Hall–Kier alpha value is -1.60. The molecule has 0 aliphatic heterocycles. The molecule has 0 saturated heterocycles. The molecule has 14 heteroatoms. The number of sulfone groups is 1. The minimum atomic E-state index is -5.21. The molecule has 1 saturated carbocycles. The van der Waals surface area contributed by atoms with E-state index in [1.165, 1.54) is 13.8 Å². The summed E-state index contributed by atoms with van der Waals surface area (Å²) >= 11 is 0. The fraction of sp³-hybridized carbons (Fsp3) is 0.632. The first-order valence-corrected chi connectivity index (χ1v) is 11.0. The molecule has 0 unspecified atom stereocenters. The van der Waals surface area contributed by atoms with Gasteiger partial charge in [0.05, 0.1) is 10.5 Å². The molecule has 0 heterocycles. The van der Waals surface area contributed by atoms with Crippen LogP contribution in [-0.4, -0.2) is 48.5 Å². The molecule has 33 heavy (non-hydrogen) atoms. The van der Waals surface area contributed by atoms with Crippen molar-refractivity contribution in [3.63, 3.8) is 0 Å². The fourth-order valence-corrected chi connectivity index (χ4v) is 5.37. The third-order valence-electron chi connectivity index (χ3n) is 5.18. The number of halogens is 8. The van der Waals surface area contributed by atoms with E-state index in [4.69, 9.17) is 5.73 Å². The lowest BCUT2D eigenvalue weighted by atomic mass is 9.91. The van der Waals surface area contributed by atoms with Crippen LogP contribution in [-0.2, 0) is 20.8 Å². The van der Waals surface area contributed by atoms with Crippen molar-refractivity contribution in [2.45, 2.75) is 73.4 Å². The number of nitrogens with two attached hydrogens (primary N) is 1. The Morgan fingerprint density at radius 3 is 2.06 bits per heavy atom. The molecule has 0 radical (unpaired) electrons. The first-order chi connectivity index (χ1) is 14.3. The maximum absolute atomic E-state index is 15.5. The molecule has 0 bridgehead atoms. The minimum Gasteiger partial charge on any atom is -0.330 e. The van der Waals surface area contributed by atoms with E-state index < -0.39 is 87.4 Å². The predicted octanol–water partition coefficient (Wildman–Crippen LogP) is 4.64. The molecule has 190 valence electrons. The zero-order valence-electron chi connectivity index (χ0n) is 17.6. The van der Waals surface area contributed by atoms with E-state index in [1.807, 2.05) is 0 Å². The van der Waals surface area contributed by atoms with Crippen LogP contribution in [0.5, 0.6) is 0 Å². The molecule has 1 aromatic carbocycles. The van der Waals surface area contributed by atoms with Gasteiger partial charge in [0.15, 0.2) is 0 Å². The fourth-order valence-electron chi connectivity index (χ4n) is 3.63. The number of benzene rings is 1. The third kappa shape index (κ3) is 6.72. The van der Waals surface area contributed by atoms with Gasteiger partial charge in [-0.3, -0.25) is 4.79 Å². The van der Waals surface area contributed by atoms with Gasteiger partial charge in [0.1, 0.15) is 0 Å². The lowest BCUT2D eigenvalue weighted by Gasteiger charge is -2.41. The molecular weight excluding hydrogens is 505 g/mol. The highest BCUT2D eigenvalue weighted by Gasteiger charge is 2.52. The van der Waals surface area contributed by atoms with E-state index in [0.29, 0.717) is 17.0 Å². The Bertz CT molecular complexity index is 951. The lowest BCUT2D eigenvalue weighted by Crippen LogP contribution is -2.56. The zero-order chi connectivity index (χ0) is 24.8. The van der Waals surface area contributed by atoms with Crippen LogP contribution in [0.15, 0.2) is 29.2 Å². The number of carbonyl (C=O) groups is 1. The van der Waals surface area contributed by atoms with E-state index in [9.17, 15) is 39.6 Å². The Morgan fingerprint density at radius 2 is 1.64 bits per heavy atom. The number of amides is 1. The number of nitrogens with zero attached hydrogens (tertiary/aromatic N) is 1. The Morgan fingerprint density at radius 1 is 1.12 bits per heavy atom. The van der Waals surface area contributed by atoms with Crippen LogP contribution in [0, 0.1) is 0 Å². The second kappa shape index (κ2) is 9.57. The standard InChI is InChI=1S/C19H23F7N2O3S.ClH/c1-16(2,27)11-28(15(29)19(24,25)26)13-6-8-17(20,9-7-13)32(30,31)14-5-3-4-12(10-14)18(21,22)23;/h3-5,10,13H,6-9,11,27H2,1-2H3;1H. The highest BCUT2D eigenvalue weighted by Crippen LogP contribution is 2.43. The summed E-state index contributed by atoms with van der Waals surface area (Å²) in [5.74, 6) is -2.17. The topological polar surface area (TPSA) is 80.5 Å². The Balaban J connectivity index is 0.00000544. The maximum Gasteiger partial charge on any atom is 0.471 e. The minimum absolute atomic E-state index is 0. The van der Waals surface area contributed by atoms with E-state index >= 15 is 4.39 Å². The molecule has 0 atom stereocenters. The van der Waals surface area contributed by atoms with Gasteiger partial charge in [-0.05, 0) is 57.7 Å². The molecule has 1 aliphatic carbocycles. The molecule has 2 rings (SSSR count). The van der Waals surface area contributed by atoms with Gasteiger partial charge >= 0.3 is 18.3 Å². The van der Waals surface area contributed by atoms with E-state index in [2.05, 4.69) is 0 Å². The molecule has 1 amide bonds. The highest BCUT2D eigenvalue weighted by atomic mass is 35.5. The average Bonchev–Trinajstić information content (AvgIpc) is 2.64. The summed E-state index contributed by atoms with van der Waals surface area (Å²) in [4.78, 5) is 11.5. The van der Waals surface area contributed by atoms with Crippen LogP contribution in [0.3, 0.4) is 0 Å². The van der Waals surface area contributed by atoms with Crippen LogP contribution < -0.4 is 5.73 Å². The summed E-state index contributed by atoms with van der Waals surface area (Å²) in [6, 6.07) is 1.48. The van der Waals surface area contributed by atoms with Crippen molar-refractivity contribution < 1.29 is 43.9 Å². The van der Waals surface area contributed by atoms with Crippen molar-refractivity contribution in [2.24, 2.45) is 5.73 Å². The lowest BCUT2D eigenvalue weighted by molar-refractivity contribution is -0.189. The van der Waals surface area contributed by atoms with Crippen molar-refractivity contribution in [2.75, 3.05) is 6.54 Å². The van der Waals surface area contributed by atoms with Crippen LogP contribution in [0.4, 0.5) is 30.7 Å². The second-order valence-corrected chi connectivity index (χ2v) is 10.8. The maximum atomic E-state index is 15.5. The summed E-state index contributed by atoms with van der Waals surface area (Å²) < 4.78 is 119. The van der Waals surface area contributed by atoms with Gasteiger partial charge < -0.3 is 10.6 Å². The normalized spacial score (nSPS) is 22.4. The van der Waals surface area contributed by atoms with Gasteiger partial charge in [-0.25, -0.2) is 12.8 Å². The molecule has 1 aliphatic rings. The van der Waals surface area contributed by atoms with E-state index in [1.54, 1.807) is 0 Å². The van der Waals surface area contributed by atoms with Crippen LogP contribution in [0.25, 0.3) is 0 Å². The smallest absolute Gasteiger partial charge is 0.330 e. The van der Waals surface area contributed by atoms with Gasteiger partial charge in [0.2, 0.25) is 14.8 Å². The first kappa shape index (κ1) is 29.4. The predicted molar refractivity (Wildman–Crippen MR) is 108 cm³/mol. The summed E-state index contributed by atoms with van der Waals surface area (Å²) in [6.45, 7) is 2.28. The number of rotatable bonds is 5. The molecule has 0 aromatic heterocycles.